The van der Waals surface area contributed by atoms with Crippen molar-refractivity contribution in [1.29, 1.82) is 0 Å². The van der Waals surface area contributed by atoms with Gasteiger partial charge in [0, 0.05) is 28.9 Å². The lowest BCUT2D eigenvalue weighted by atomic mass is 10.1. The Hall–Kier alpha value is -1.96. The number of nitrogens with zero attached hydrogens (tertiary/aromatic N) is 2. The molecule has 0 atom stereocenters. The number of carbonyl (C=O) groups excluding carboxylic acids is 1. The molecule has 3 rings (SSSR count). The van der Waals surface area contributed by atoms with E-state index in [0.717, 1.165) is 22.2 Å². The minimum atomic E-state index is -0.121. The number of aromatic amines is 1. The van der Waals surface area contributed by atoms with Gasteiger partial charge in [0.1, 0.15) is 5.69 Å². The van der Waals surface area contributed by atoms with Crippen LogP contribution in [0.5, 0.6) is 0 Å². The number of benzene rings is 1. The maximum absolute atomic E-state index is 11.7. The molecule has 0 spiro atoms. The van der Waals surface area contributed by atoms with Crippen LogP contribution in [0.4, 0.5) is 0 Å². The van der Waals surface area contributed by atoms with E-state index in [1.165, 1.54) is 0 Å². The molecule has 0 unspecified atom stereocenters. The SMILES string of the molecule is O=C(NI)c1ccc2[nH]nc(-c3ccncc3)c2c1. The predicted octanol–water partition coefficient (Wildman–Crippen LogP) is 2.70. The second-order valence-electron chi connectivity index (χ2n) is 3.99. The third-order valence-corrected chi connectivity index (χ3v) is 3.35. The van der Waals surface area contributed by atoms with Crippen LogP contribution in [0.3, 0.4) is 0 Å². The molecule has 0 radical (unpaired) electrons. The Bertz CT molecular complexity index is 739. The number of hydrogen-bond donors (Lipinski definition) is 2. The summed E-state index contributed by atoms with van der Waals surface area (Å²) in [6.45, 7) is 0. The number of fused-ring (bicyclic) bond motifs is 1. The fourth-order valence-corrected chi connectivity index (χ4v) is 2.25. The number of H-pyrrole nitrogens is 1. The van der Waals surface area contributed by atoms with E-state index in [0.29, 0.717) is 5.56 Å². The second kappa shape index (κ2) is 4.96. The van der Waals surface area contributed by atoms with E-state index in [9.17, 15) is 4.79 Å². The Morgan fingerprint density at radius 1 is 1.21 bits per heavy atom. The van der Waals surface area contributed by atoms with Crippen molar-refractivity contribution in [2.75, 3.05) is 0 Å². The van der Waals surface area contributed by atoms with Gasteiger partial charge in [-0.2, -0.15) is 5.10 Å². The van der Waals surface area contributed by atoms with Gasteiger partial charge in [0.05, 0.1) is 28.4 Å². The van der Waals surface area contributed by atoms with Crippen molar-refractivity contribution in [2.45, 2.75) is 0 Å². The van der Waals surface area contributed by atoms with Crippen molar-refractivity contribution >= 4 is 39.7 Å². The maximum atomic E-state index is 11.7. The van der Waals surface area contributed by atoms with Crippen LogP contribution in [0.25, 0.3) is 22.2 Å². The Morgan fingerprint density at radius 3 is 2.74 bits per heavy atom. The molecule has 94 valence electrons. The average molecular weight is 364 g/mol. The molecule has 0 bridgehead atoms. The minimum absolute atomic E-state index is 0.121. The van der Waals surface area contributed by atoms with Crippen LogP contribution in [0, 0.1) is 0 Å². The largest absolute Gasteiger partial charge is 0.295 e. The highest BCUT2D eigenvalue weighted by Crippen LogP contribution is 2.26. The van der Waals surface area contributed by atoms with E-state index in [1.807, 2.05) is 47.1 Å². The number of nitrogens with one attached hydrogen (secondary N) is 2. The van der Waals surface area contributed by atoms with Crippen molar-refractivity contribution < 1.29 is 4.79 Å². The number of hydrogen-bond acceptors (Lipinski definition) is 3. The number of carbonyl (C=O) groups is 1. The summed E-state index contributed by atoms with van der Waals surface area (Å²) in [6, 6.07) is 9.24. The first kappa shape index (κ1) is 12.1. The fraction of sp³-hybridized carbons (Fsp3) is 0. The third-order valence-electron chi connectivity index (χ3n) is 2.86. The van der Waals surface area contributed by atoms with E-state index in [2.05, 4.69) is 18.7 Å². The molecule has 2 heterocycles. The Kier molecular flexibility index (Phi) is 3.16. The van der Waals surface area contributed by atoms with Crippen molar-refractivity contribution in [3.05, 3.63) is 48.3 Å². The zero-order chi connectivity index (χ0) is 13.2. The minimum Gasteiger partial charge on any atom is -0.295 e. The second-order valence-corrected chi connectivity index (χ2v) is 4.53. The molecule has 2 aromatic heterocycles. The Labute approximate surface area is 122 Å². The molecule has 3 aromatic rings. The Morgan fingerprint density at radius 2 is 2.00 bits per heavy atom. The number of pyridine rings is 1. The summed E-state index contributed by atoms with van der Waals surface area (Å²) in [4.78, 5) is 15.7. The average Bonchev–Trinajstić information content (AvgIpc) is 2.90. The van der Waals surface area contributed by atoms with Gasteiger partial charge >= 0.3 is 0 Å². The highest BCUT2D eigenvalue weighted by Gasteiger charge is 2.11. The molecule has 0 aliphatic heterocycles. The van der Waals surface area contributed by atoms with E-state index in [1.54, 1.807) is 18.5 Å². The van der Waals surface area contributed by atoms with Gasteiger partial charge in [-0.1, -0.05) is 0 Å². The third kappa shape index (κ3) is 2.19. The van der Waals surface area contributed by atoms with Crippen LogP contribution in [-0.4, -0.2) is 21.1 Å². The number of amides is 1. The van der Waals surface area contributed by atoms with E-state index >= 15 is 0 Å². The molecular formula is C13H9IN4O. The van der Waals surface area contributed by atoms with E-state index in [-0.39, 0.29) is 5.91 Å². The summed E-state index contributed by atoms with van der Waals surface area (Å²) in [5.41, 5.74) is 3.30. The summed E-state index contributed by atoms with van der Waals surface area (Å²) in [7, 11) is 0. The molecule has 0 saturated heterocycles. The molecule has 2 N–H and O–H groups in total. The topological polar surface area (TPSA) is 70.7 Å². The molecule has 0 saturated carbocycles. The van der Waals surface area contributed by atoms with Crippen molar-refractivity contribution in [3.63, 3.8) is 0 Å². The van der Waals surface area contributed by atoms with Gasteiger partial charge in [-0.3, -0.25) is 18.4 Å². The van der Waals surface area contributed by atoms with Gasteiger partial charge in [-0.25, -0.2) is 0 Å². The quantitative estimate of drug-likeness (QED) is 0.543. The van der Waals surface area contributed by atoms with Crippen molar-refractivity contribution in [2.24, 2.45) is 0 Å². The van der Waals surface area contributed by atoms with Gasteiger partial charge in [0.25, 0.3) is 5.91 Å². The Balaban J connectivity index is 2.19. The molecule has 0 fully saturated rings. The first-order valence-electron chi connectivity index (χ1n) is 5.59. The van der Waals surface area contributed by atoms with Crippen LogP contribution in [0.1, 0.15) is 10.4 Å². The van der Waals surface area contributed by atoms with Crippen molar-refractivity contribution in [1.82, 2.24) is 18.7 Å². The number of halogens is 1. The highest BCUT2D eigenvalue weighted by atomic mass is 127. The van der Waals surface area contributed by atoms with Crippen LogP contribution in [-0.2, 0) is 0 Å². The van der Waals surface area contributed by atoms with Gasteiger partial charge in [0.2, 0.25) is 0 Å². The monoisotopic (exact) mass is 364 g/mol. The normalized spacial score (nSPS) is 10.6. The lowest BCUT2D eigenvalue weighted by Crippen LogP contribution is -2.11. The molecule has 0 aliphatic carbocycles. The van der Waals surface area contributed by atoms with Crippen molar-refractivity contribution in [3.8, 4) is 11.3 Å². The zero-order valence-corrected chi connectivity index (χ0v) is 11.9. The smallest absolute Gasteiger partial charge is 0.259 e. The first-order valence-corrected chi connectivity index (χ1v) is 6.67. The van der Waals surface area contributed by atoms with Crippen LogP contribution in [0.2, 0.25) is 0 Å². The predicted molar refractivity (Wildman–Crippen MR) is 80.8 cm³/mol. The summed E-state index contributed by atoms with van der Waals surface area (Å²) in [5.74, 6) is -0.121. The van der Waals surface area contributed by atoms with Gasteiger partial charge < -0.3 is 0 Å². The first-order chi connectivity index (χ1) is 9.29. The lowest BCUT2D eigenvalue weighted by Gasteiger charge is -2.00. The number of aromatic nitrogens is 3. The standard InChI is InChI=1S/C13H9IN4O/c14-16-13(19)9-1-2-11-10(7-9)12(18-17-11)8-3-5-15-6-4-8/h1-7H,(H,16,19)(H,17,18). The van der Waals surface area contributed by atoms with Crippen LogP contribution < -0.4 is 3.53 Å². The molecule has 19 heavy (non-hydrogen) atoms. The molecular weight excluding hydrogens is 355 g/mol. The molecule has 1 amide bonds. The van der Waals surface area contributed by atoms with Gasteiger partial charge in [0.15, 0.2) is 0 Å². The van der Waals surface area contributed by atoms with Gasteiger partial charge in [-0.15, -0.1) is 0 Å². The summed E-state index contributed by atoms with van der Waals surface area (Å²) in [5, 5.41) is 8.19. The van der Waals surface area contributed by atoms with Gasteiger partial charge in [-0.05, 0) is 30.3 Å². The molecule has 0 aliphatic rings. The fourth-order valence-electron chi connectivity index (χ4n) is 1.94. The molecule has 5 nitrogen and oxygen atoms in total. The molecule has 1 aromatic carbocycles. The lowest BCUT2D eigenvalue weighted by molar-refractivity contribution is 0.0990. The number of rotatable bonds is 2. The van der Waals surface area contributed by atoms with Crippen LogP contribution in [0.15, 0.2) is 42.7 Å². The summed E-state index contributed by atoms with van der Waals surface area (Å²) < 4.78 is 2.59. The maximum Gasteiger partial charge on any atom is 0.259 e. The molecule has 6 heteroatoms. The summed E-state index contributed by atoms with van der Waals surface area (Å²) >= 11 is 1.83. The highest BCUT2D eigenvalue weighted by molar-refractivity contribution is 14.1. The van der Waals surface area contributed by atoms with E-state index in [4.69, 9.17) is 0 Å². The summed E-state index contributed by atoms with van der Waals surface area (Å²) in [6.07, 6.45) is 3.44. The van der Waals surface area contributed by atoms with E-state index < -0.39 is 0 Å². The van der Waals surface area contributed by atoms with Crippen LogP contribution >= 0.6 is 22.9 Å². The zero-order valence-electron chi connectivity index (χ0n) is 9.72.